The topological polar surface area (TPSA) is 136 Å². The second-order valence-corrected chi connectivity index (χ2v) is 5.67. The Hall–Kier alpha value is -3.04. The van der Waals surface area contributed by atoms with Crippen molar-refractivity contribution in [3.05, 3.63) is 36.3 Å². The Kier molecular flexibility index (Phi) is 4.59. The molecule has 9 heteroatoms. The molecule has 0 aliphatic heterocycles. The van der Waals surface area contributed by atoms with Crippen LogP contribution in [-0.4, -0.2) is 48.7 Å². The average Bonchev–Trinajstić information content (AvgIpc) is 2.97. The summed E-state index contributed by atoms with van der Waals surface area (Å²) in [7, 11) is 0. The molecule has 5 N–H and O–H groups in total. The molecule has 3 rings (SSSR count). The lowest BCUT2D eigenvalue weighted by Crippen LogP contribution is -2.43. The number of aliphatic hydroxyl groups is 2. The molecule has 25 heavy (non-hydrogen) atoms. The highest BCUT2D eigenvalue weighted by molar-refractivity contribution is 5.95. The van der Waals surface area contributed by atoms with Gasteiger partial charge in [-0.2, -0.15) is 5.10 Å². The van der Waals surface area contributed by atoms with Gasteiger partial charge in [0.05, 0.1) is 11.6 Å². The number of pyridine rings is 2. The van der Waals surface area contributed by atoms with E-state index >= 15 is 0 Å². The molecule has 2 amide bonds. The summed E-state index contributed by atoms with van der Waals surface area (Å²) in [5, 5.41) is 30.9. The van der Waals surface area contributed by atoms with Gasteiger partial charge in [0.1, 0.15) is 11.5 Å². The standard InChI is InChI=1S/C16H18N6O3/c1-8-5-10(3-4-17-8)14-11-7-18-13(6-12(11)21-22-14)20-16(25)19-9(2)15(23)24/h3-7,9,15,23-24H,1-2H3,(H,21,22)(H2,18,19,20,25). The second kappa shape index (κ2) is 6.83. The number of fused-ring (bicyclic) bond motifs is 1. The van der Waals surface area contributed by atoms with Crippen LogP contribution < -0.4 is 10.6 Å². The average molecular weight is 342 g/mol. The van der Waals surface area contributed by atoms with Gasteiger partial charge in [0.25, 0.3) is 0 Å². The highest BCUT2D eigenvalue weighted by Gasteiger charge is 2.15. The molecular weight excluding hydrogens is 324 g/mol. The predicted molar refractivity (Wildman–Crippen MR) is 91.7 cm³/mol. The van der Waals surface area contributed by atoms with Crippen molar-refractivity contribution in [2.24, 2.45) is 0 Å². The minimum atomic E-state index is -1.64. The molecule has 3 aromatic heterocycles. The van der Waals surface area contributed by atoms with Gasteiger partial charge in [0.2, 0.25) is 0 Å². The number of rotatable bonds is 4. The Morgan fingerprint density at radius 3 is 2.80 bits per heavy atom. The van der Waals surface area contributed by atoms with Crippen LogP contribution >= 0.6 is 0 Å². The summed E-state index contributed by atoms with van der Waals surface area (Å²) < 4.78 is 0. The molecule has 3 aromatic rings. The molecule has 0 radical (unpaired) electrons. The zero-order chi connectivity index (χ0) is 18.0. The lowest BCUT2D eigenvalue weighted by molar-refractivity contribution is -0.0594. The summed E-state index contributed by atoms with van der Waals surface area (Å²) in [5.41, 5.74) is 3.27. The minimum Gasteiger partial charge on any atom is -0.366 e. The smallest absolute Gasteiger partial charge is 0.320 e. The third-order valence-corrected chi connectivity index (χ3v) is 3.66. The van der Waals surface area contributed by atoms with Crippen LogP contribution in [-0.2, 0) is 0 Å². The number of nitrogens with zero attached hydrogens (tertiary/aromatic N) is 3. The number of amides is 2. The van der Waals surface area contributed by atoms with Crippen LogP contribution in [0.2, 0.25) is 0 Å². The first-order valence-electron chi connectivity index (χ1n) is 7.65. The van der Waals surface area contributed by atoms with Gasteiger partial charge < -0.3 is 15.5 Å². The fourth-order valence-corrected chi connectivity index (χ4v) is 2.33. The zero-order valence-electron chi connectivity index (χ0n) is 13.7. The van der Waals surface area contributed by atoms with Crippen molar-refractivity contribution in [3.8, 4) is 11.3 Å². The number of carbonyl (C=O) groups is 1. The summed E-state index contributed by atoms with van der Waals surface area (Å²) >= 11 is 0. The Bertz CT molecular complexity index is 908. The van der Waals surface area contributed by atoms with E-state index < -0.39 is 18.4 Å². The molecule has 0 spiro atoms. The molecule has 0 bridgehead atoms. The molecule has 0 saturated heterocycles. The van der Waals surface area contributed by atoms with E-state index in [4.69, 9.17) is 10.2 Å². The molecule has 0 aliphatic rings. The highest BCUT2D eigenvalue weighted by atomic mass is 16.5. The Labute approximate surface area is 143 Å². The van der Waals surface area contributed by atoms with Gasteiger partial charge in [0.15, 0.2) is 6.29 Å². The third-order valence-electron chi connectivity index (χ3n) is 3.66. The van der Waals surface area contributed by atoms with Crippen molar-refractivity contribution in [1.29, 1.82) is 0 Å². The number of hydrogen-bond donors (Lipinski definition) is 5. The number of hydrogen-bond acceptors (Lipinski definition) is 6. The van der Waals surface area contributed by atoms with Crippen LogP contribution in [0.1, 0.15) is 12.6 Å². The number of nitrogens with one attached hydrogen (secondary N) is 3. The number of aliphatic hydroxyl groups excluding tert-OH is 1. The molecule has 1 unspecified atom stereocenters. The third kappa shape index (κ3) is 3.73. The summed E-state index contributed by atoms with van der Waals surface area (Å²) in [6, 6.07) is 4.05. The summed E-state index contributed by atoms with van der Waals surface area (Å²) in [4.78, 5) is 20.2. The van der Waals surface area contributed by atoms with E-state index in [0.717, 1.165) is 22.3 Å². The summed E-state index contributed by atoms with van der Waals surface area (Å²) in [6.45, 7) is 3.38. The molecule has 9 nitrogen and oxygen atoms in total. The normalized spacial score (nSPS) is 12.4. The van der Waals surface area contributed by atoms with E-state index in [2.05, 4.69) is 30.8 Å². The van der Waals surface area contributed by atoms with Crippen molar-refractivity contribution in [1.82, 2.24) is 25.5 Å². The van der Waals surface area contributed by atoms with Crippen molar-refractivity contribution >= 4 is 22.8 Å². The van der Waals surface area contributed by atoms with Gasteiger partial charge in [-0.1, -0.05) is 0 Å². The maximum Gasteiger partial charge on any atom is 0.320 e. The first-order valence-corrected chi connectivity index (χ1v) is 7.65. The Balaban J connectivity index is 1.81. The van der Waals surface area contributed by atoms with Gasteiger partial charge in [-0.05, 0) is 26.0 Å². The van der Waals surface area contributed by atoms with E-state index in [1.165, 1.54) is 6.92 Å². The van der Waals surface area contributed by atoms with Crippen LogP contribution in [0.15, 0.2) is 30.6 Å². The maximum atomic E-state index is 11.8. The SMILES string of the molecule is Cc1cc(-c2n[nH]c3cc(NC(=O)NC(C)C(O)O)ncc23)ccn1. The van der Waals surface area contributed by atoms with E-state index in [1.807, 2.05) is 19.1 Å². The fraction of sp³-hybridized carbons (Fsp3) is 0.250. The number of urea groups is 1. The van der Waals surface area contributed by atoms with Crippen LogP contribution in [0.5, 0.6) is 0 Å². The van der Waals surface area contributed by atoms with Gasteiger partial charge in [-0.3, -0.25) is 15.4 Å². The lowest BCUT2D eigenvalue weighted by Gasteiger charge is -2.15. The number of aromatic nitrogens is 4. The van der Waals surface area contributed by atoms with Crippen molar-refractivity contribution in [2.45, 2.75) is 26.2 Å². The predicted octanol–water partition coefficient (Wildman–Crippen LogP) is 1.15. The maximum absolute atomic E-state index is 11.8. The van der Waals surface area contributed by atoms with E-state index in [1.54, 1.807) is 18.5 Å². The molecule has 0 saturated carbocycles. The number of anilines is 1. The Morgan fingerprint density at radius 1 is 1.28 bits per heavy atom. The second-order valence-electron chi connectivity index (χ2n) is 5.67. The van der Waals surface area contributed by atoms with Crippen molar-refractivity contribution in [2.75, 3.05) is 5.32 Å². The van der Waals surface area contributed by atoms with Crippen molar-refractivity contribution < 1.29 is 15.0 Å². The molecule has 1 atom stereocenters. The Morgan fingerprint density at radius 2 is 2.08 bits per heavy atom. The van der Waals surface area contributed by atoms with E-state index in [9.17, 15) is 4.79 Å². The number of carbonyl (C=O) groups excluding carboxylic acids is 1. The molecule has 130 valence electrons. The van der Waals surface area contributed by atoms with Crippen LogP contribution in [0, 0.1) is 6.92 Å². The highest BCUT2D eigenvalue weighted by Crippen LogP contribution is 2.26. The first kappa shape index (κ1) is 16.8. The molecule has 0 fully saturated rings. The van der Waals surface area contributed by atoms with Gasteiger partial charge in [-0.25, -0.2) is 9.78 Å². The lowest BCUT2D eigenvalue weighted by atomic mass is 10.1. The van der Waals surface area contributed by atoms with Crippen LogP contribution in [0.3, 0.4) is 0 Å². The van der Waals surface area contributed by atoms with Crippen LogP contribution in [0.25, 0.3) is 22.2 Å². The number of aromatic amines is 1. The van der Waals surface area contributed by atoms with Crippen molar-refractivity contribution in [3.63, 3.8) is 0 Å². The molecular formula is C16H18N6O3. The molecule has 0 aliphatic carbocycles. The first-order chi connectivity index (χ1) is 11.9. The fourth-order valence-electron chi connectivity index (χ4n) is 2.33. The summed E-state index contributed by atoms with van der Waals surface area (Å²) in [5.74, 6) is 0.311. The number of H-pyrrole nitrogens is 1. The van der Waals surface area contributed by atoms with Crippen LogP contribution in [0.4, 0.5) is 10.6 Å². The quantitative estimate of drug-likeness (QED) is 0.451. The van der Waals surface area contributed by atoms with Gasteiger partial charge >= 0.3 is 6.03 Å². The zero-order valence-corrected chi connectivity index (χ0v) is 13.7. The monoisotopic (exact) mass is 342 g/mol. The largest absolute Gasteiger partial charge is 0.366 e. The number of aryl methyl sites for hydroxylation is 1. The minimum absolute atomic E-state index is 0.311. The summed E-state index contributed by atoms with van der Waals surface area (Å²) in [6.07, 6.45) is 1.69. The van der Waals surface area contributed by atoms with Gasteiger partial charge in [-0.15, -0.1) is 0 Å². The molecule has 3 heterocycles. The molecule has 0 aromatic carbocycles. The van der Waals surface area contributed by atoms with E-state index in [0.29, 0.717) is 11.3 Å². The van der Waals surface area contributed by atoms with E-state index in [-0.39, 0.29) is 0 Å². The van der Waals surface area contributed by atoms with Gasteiger partial charge in [0, 0.05) is 35.1 Å².